The van der Waals surface area contributed by atoms with Gasteiger partial charge in [0.25, 0.3) is 5.91 Å². The van der Waals surface area contributed by atoms with E-state index < -0.39 is 11.7 Å². The Morgan fingerprint density at radius 3 is 2.71 bits per heavy atom. The second kappa shape index (κ2) is 6.08. The molecule has 1 amide bonds. The Balaban J connectivity index is 2.32. The number of nitrogen functional groups attached to an aromatic ring is 1. The Labute approximate surface area is 120 Å². The molecule has 0 aliphatic rings. The molecule has 0 bridgehead atoms. The van der Waals surface area contributed by atoms with E-state index in [1.54, 1.807) is 18.2 Å². The van der Waals surface area contributed by atoms with Crippen molar-refractivity contribution in [3.63, 3.8) is 0 Å². The molecule has 6 nitrogen and oxygen atoms in total. The first-order valence-electron chi connectivity index (χ1n) is 5.99. The molecule has 1 heterocycles. The SMILES string of the molecule is COc1ccc(OC)c(NC(=O)c2cc(F)cnc2N)c1. The summed E-state index contributed by atoms with van der Waals surface area (Å²) in [6, 6.07) is 5.93. The molecule has 0 aliphatic carbocycles. The van der Waals surface area contributed by atoms with Gasteiger partial charge < -0.3 is 20.5 Å². The van der Waals surface area contributed by atoms with Crippen molar-refractivity contribution in [2.75, 3.05) is 25.3 Å². The van der Waals surface area contributed by atoms with E-state index in [-0.39, 0.29) is 11.4 Å². The Bertz CT molecular complexity index is 677. The molecule has 7 heteroatoms. The summed E-state index contributed by atoms with van der Waals surface area (Å²) in [4.78, 5) is 15.8. The summed E-state index contributed by atoms with van der Waals surface area (Å²) in [7, 11) is 2.97. The third-order valence-corrected chi connectivity index (χ3v) is 2.78. The topological polar surface area (TPSA) is 86.5 Å². The molecule has 0 aliphatic heterocycles. The molecule has 3 N–H and O–H groups in total. The number of benzene rings is 1. The fourth-order valence-electron chi connectivity index (χ4n) is 1.73. The Kier molecular flexibility index (Phi) is 4.22. The van der Waals surface area contributed by atoms with Crippen LogP contribution in [0.3, 0.4) is 0 Å². The molecule has 110 valence electrons. The number of carbonyl (C=O) groups is 1. The second-order valence-corrected chi connectivity index (χ2v) is 4.11. The van der Waals surface area contributed by atoms with E-state index in [2.05, 4.69) is 10.3 Å². The van der Waals surface area contributed by atoms with E-state index in [4.69, 9.17) is 15.2 Å². The molecule has 2 aromatic rings. The number of nitrogens with one attached hydrogen (secondary N) is 1. The van der Waals surface area contributed by atoms with Gasteiger partial charge in [0.1, 0.15) is 23.1 Å². The largest absolute Gasteiger partial charge is 0.497 e. The summed E-state index contributed by atoms with van der Waals surface area (Å²) in [6.07, 6.45) is 0.943. The van der Waals surface area contributed by atoms with E-state index in [1.165, 1.54) is 14.2 Å². The summed E-state index contributed by atoms with van der Waals surface area (Å²) < 4.78 is 23.4. The normalized spacial score (nSPS) is 10.0. The maximum absolute atomic E-state index is 13.2. The third kappa shape index (κ3) is 3.19. The molecule has 0 unspecified atom stereocenters. The van der Waals surface area contributed by atoms with Gasteiger partial charge in [-0.3, -0.25) is 4.79 Å². The highest BCUT2D eigenvalue weighted by atomic mass is 19.1. The van der Waals surface area contributed by atoms with Gasteiger partial charge in [0.2, 0.25) is 0 Å². The first-order valence-corrected chi connectivity index (χ1v) is 5.99. The van der Waals surface area contributed by atoms with Crippen molar-refractivity contribution in [3.8, 4) is 11.5 Å². The van der Waals surface area contributed by atoms with Gasteiger partial charge in [-0.25, -0.2) is 9.37 Å². The number of hydrogen-bond donors (Lipinski definition) is 2. The number of pyridine rings is 1. The summed E-state index contributed by atoms with van der Waals surface area (Å²) in [5.41, 5.74) is 5.90. The van der Waals surface area contributed by atoms with Gasteiger partial charge in [-0.05, 0) is 18.2 Å². The summed E-state index contributed by atoms with van der Waals surface area (Å²) in [5, 5.41) is 2.59. The molecule has 0 spiro atoms. The van der Waals surface area contributed by atoms with Gasteiger partial charge >= 0.3 is 0 Å². The van der Waals surface area contributed by atoms with Crippen molar-refractivity contribution in [1.29, 1.82) is 0 Å². The summed E-state index contributed by atoms with van der Waals surface area (Å²) >= 11 is 0. The lowest BCUT2D eigenvalue weighted by Gasteiger charge is -2.12. The molecular formula is C14H14FN3O3. The van der Waals surface area contributed by atoms with Crippen LogP contribution in [-0.2, 0) is 0 Å². The highest BCUT2D eigenvalue weighted by Crippen LogP contribution is 2.29. The van der Waals surface area contributed by atoms with Gasteiger partial charge in [0, 0.05) is 6.07 Å². The van der Waals surface area contributed by atoms with Gasteiger partial charge in [-0.15, -0.1) is 0 Å². The number of ether oxygens (including phenoxy) is 2. The average molecular weight is 291 g/mol. The van der Waals surface area contributed by atoms with E-state index in [9.17, 15) is 9.18 Å². The summed E-state index contributed by atoms with van der Waals surface area (Å²) in [6.45, 7) is 0. The first kappa shape index (κ1) is 14.6. The monoisotopic (exact) mass is 291 g/mol. The van der Waals surface area contributed by atoms with Crippen molar-refractivity contribution in [2.45, 2.75) is 0 Å². The molecular weight excluding hydrogens is 277 g/mol. The maximum atomic E-state index is 13.2. The summed E-state index contributed by atoms with van der Waals surface area (Å²) in [5.74, 6) is -0.322. The lowest BCUT2D eigenvalue weighted by atomic mass is 10.2. The Hall–Kier alpha value is -2.83. The number of nitrogens with zero attached hydrogens (tertiary/aromatic N) is 1. The smallest absolute Gasteiger partial charge is 0.259 e. The molecule has 1 aromatic carbocycles. The van der Waals surface area contributed by atoms with Crippen molar-refractivity contribution >= 4 is 17.4 Å². The molecule has 0 fully saturated rings. The van der Waals surface area contributed by atoms with Gasteiger partial charge in [0.15, 0.2) is 0 Å². The van der Waals surface area contributed by atoms with Gasteiger partial charge in [-0.1, -0.05) is 0 Å². The number of aromatic nitrogens is 1. The van der Waals surface area contributed by atoms with Gasteiger partial charge in [-0.2, -0.15) is 0 Å². The van der Waals surface area contributed by atoms with Crippen LogP contribution >= 0.6 is 0 Å². The van der Waals surface area contributed by atoms with Crippen LogP contribution in [-0.4, -0.2) is 25.1 Å². The van der Waals surface area contributed by atoms with E-state index >= 15 is 0 Å². The van der Waals surface area contributed by atoms with Crippen LogP contribution in [0, 0.1) is 5.82 Å². The van der Waals surface area contributed by atoms with Crippen molar-refractivity contribution in [1.82, 2.24) is 4.98 Å². The lowest BCUT2D eigenvalue weighted by molar-refractivity contribution is 0.102. The minimum absolute atomic E-state index is 0.0557. The standard InChI is InChI=1S/C14H14FN3O3/c1-20-9-3-4-12(21-2)11(6-9)18-14(19)10-5-8(15)7-17-13(10)16/h3-7H,1-2H3,(H2,16,17)(H,18,19). The highest BCUT2D eigenvalue weighted by molar-refractivity contribution is 6.07. The number of rotatable bonds is 4. The number of halogens is 1. The first-order chi connectivity index (χ1) is 10.0. The second-order valence-electron chi connectivity index (χ2n) is 4.11. The van der Waals surface area contributed by atoms with E-state index in [0.29, 0.717) is 17.2 Å². The van der Waals surface area contributed by atoms with E-state index in [1.807, 2.05) is 0 Å². The molecule has 0 atom stereocenters. The predicted octanol–water partition coefficient (Wildman–Crippen LogP) is 2.07. The van der Waals surface area contributed by atoms with E-state index in [0.717, 1.165) is 12.3 Å². The van der Waals surface area contributed by atoms with Crippen LogP contribution in [0.15, 0.2) is 30.5 Å². The maximum Gasteiger partial charge on any atom is 0.259 e. The highest BCUT2D eigenvalue weighted by Gasteiger charge is 2.15. The quantitative estimate of drug-likeness (QED) is 0.900. The fraction of sp³-hybridized carbons (Fsp3) is 0.143. The minimum atomic E-state index is -0.646. The van der Waals surface area contributed by atoms with Crippen LogP contribution in [0.1, 0.15) is 10.4 Å². The molecule has 21 heavy (non-hydrogen) atoms. The van der Waals surface area contributed by atoms with Crippen LogP contribution in [0.5, 0.6) is 11.5 Å². The molecule has 0 saturated heterocycles. The zero-order chi connectivity index (χ0) is 15.4. The van der Waals surface area contributed by atoms with Crippen LogP contribution in [0.2, 0.25) is 0 Å². The molecule has 0 radical (unpaired) electrons. The predicted molar refractivity (Wildman–Crippen MR) is 76.1 cm³/mol. The number of carbonyl (C=O) groups excluding carboxylic acids is 1. The minimum Gasteiger partial charge on any atom is -0.497 e. The average Bonchev–Trinajstić information content (AvgIpc) is 2.49. The van der Waals surface area contributed by atoms with Crippen LogP contribution in [0.4, 0.5) is 15.9 Å². The van der Waals surface area contributed by atoms with Crippen molar-refractivity contribution < 1.29 is 18.7 Å². The zero-order valence-corrected chi connectivity index (χ0v) is 11.5. The number of hydrogen-bond acceptors (Lipinski definition) is 5. The third-order valence-electron chi connectivity index (χ3n) is 2.78. The van der Waals surface area contributed by atoms with Crippen LogP contribution in [0.25, 0.3) is 0 Å². The fourth-order valence-corrected chi connectivity index (χ4v) is 1.73. The number of amides is 1. The van der Waals surface area contributed by atoms with Crippen LogP contribution < -0.4 is 20.5 Å². The molecule has 1 aromatic heterocycles. The van der Waals surface area contributed by atoms with Crippen molar-refractivity contribution in [3.05, 3.63) is 41.8 Å². The Morgan fingerprint density at radius 2 is 2.05 bits per heavy atom. The van der Waals surface area contributed by atoms with Crippen molar-refractivity contribution in [2.24, 2.45) is 0 Å². The number of methoxy groups -OCH3 is 2. The Morgan fingerprint density at radius 1 is 1.29 bits per heavy atom. The number of anilines is 2. The lowest BCUT2D eigenvalue weighted by Crippen LogP contribution is -2.16. The number of nitrogens with two attached hydrogens (primary N) is 1. The zero-order valence-electron chi connectivity index (χ0n) is 11.5. The van der Waals surface area contributed by atoms with Gasteiger partial charge in [0.05, 0.1) is 31.7 Å². The molecule has 0 saturated carbocycles. The molecule has 2 rings (SSSR count).